The molecule has 1 heterocycles. The van der Waals surface area contributed by atoms with Crippen LogP contribution in [0.3, 0.4) is 0 Å². The number of carbonyl (C=O) groups is 1. The quantitative estimate of drug-likeness (QED) is 0.817. The summed E-state index contributed by atoms with van der Waals surface area (Å²) >= 11 is 0. The highest BCUT2D eigenvalue weighted by Gasteiger charge is 2.36. The van der Waals surface area contributed by atoms with Gasteiger partial charge in [0, 0.05) is 25.7 Å². The lowest BCUT2D eigenvalue weighted by atomic mass is 10.0. The molecule has 110 valence electrons. The Morgan fingerprint density at radius 3 is 2.58 bits per heavy atom. The zero-order valence-corrected chi connectivity index (χ0v) is 12.5. The second kappa shape index (κ2) is 6.71. The standard InChI is InChI=1S/C15H29N3O/c1-3-17(4-2)10-12-8-9-18(11-12)15(19)13-6-5-7-14(13)16/h12-14H,3-11,16H2,1-2H3/t12-,13-,14-/m0/s1. The van der Waals surface area contributed by atoms with Gasteiger partial charge in [0.1, 0.15) is 0 Å². The number of hydrogen-bond acceptors (Lipinski definition) is 3. The number of rotatable bonds is 5. The van der Waals surface area contributed by atoms with Crippen molar-refractivity contribution in [1.29, 1.82) is 0 Å². The zero-order chi connectivity index (χ0) is 13.8. The Morgan fingerprint density at radius 2 is 2.00 bits per heavy atom. The van der Waals surface area contributed by atoms with Gasteiger partial charge >= 0.3 is 0 Å². The molecule has 0 aromatic rings. The van der Waals surface area contributed by atoms with Crippen LogP contribution >= 0.6 is 0 Å². The minimum Gasteiger partial charge on any atom is -0.342 e. The number of likely N-dealkylation sites (tertiary alicyclic amines) is 1. The maximum Gasteiger partial charge on any atom is 0.227 e. The van der Waals surface area contributed by atoms with Gasteiger partial charge in [-0.3, -0.25) is 4.79 Å². The van der Waals surface area contributed by atoms with Gasteiger partial charge in [-0.25, -0.2) is 0 Å². The summed E-state index contributed by atoms with van der Waals surface area (Å²) in [6.07, 6.45) is 4.29. The molecule has 2 fully saturated rings. The lowest BCUT2D eigenvalue weighted by Crippen LogP contribution is -2.41. The Labute approximate surface area is 117 Å². The van der Waals surface area contributed by atoms with E-state index < -0.39 is 0 Å². The topological polar surface area (TPSA) is 49.6 Å². The normalized spacial score (nSPS) is 31.4. The monoisotopic (exact) mass is 267 g/mol. The van der Waals surface area contributed by atoms with Crippen LogP contribution in [0.25, 0.3) is 0 Å². The summed E-state index contributed by atoms with van der Waals surface area (Å²) in [5, 5.41) is 0. The van der Waals surface area contributed by atoms with E-state index in [9.17, 15) is 4.79 Å². The highest BCUT2D eigenvalue weighted by atomic mass is 16.2. The van der Waals surface area contributed by atoms with E-state index in [-0.39, 0.29) is 12.0 Å². The third-order valence-electron chi connectivity index (χ3n) is 4.89. The summed E-state index contributed by atoms with van der Waals surface area (Å²) in [5.41, 5.74) is 6.05. The van der Waals surface area contributed by atoms with Gasteiger partial charge in [0.15, 0.2) is 0 Å². The van der Waals surface area contributed by atoms with Gasteiger partial charge in [-0.05, 0) is 38.3 Å². The van der Waals surface area contributed by atoms with Crippen molar-refractivity contribution < 1.29 is 4.79 Å². The molecule has 2 aliphatic rings. The first-order valence-corrected chi connectivity index (χ1v) is 7.92. The molecule has 3 atom stereocenters. The van der Waals surface area contributed by atoms with E-state index in [1.54, 1.807) is 0 Å². The minimum atomic E-state index is 0.104. The molecule has 4 nitrogen and oxygen atoms in total. The molecular weight excluding hydrogens is 238 g/mol. The molecule has 1 aliphatic carbocycles. The van der Waals surface area contributed by atoms with Crippen LogP contribution in [0.5, 0.6) is 0 Å². The highest BCUT2D eigenvalue weighted by molar-refractivity contribution is 5.80. The van der Waals surface area contributed by atoms with E-state index in [4.69, 9.17) is 5.73 Å². The molecule has 0 radical (unpaired) electrons. The molecule has 1 saturated heterocycles. The summed E-state index contributed by atoms with van der Waals surface area (Å²) in [7, 11) is 0. The molecule has 0 spiro atoms. The second-order valence-corrected chi connectivity index (χ2v) is 6.13. The Kier molecular flexibility index (Phi) is 5.22. The van der Waals surface area contributed by atoms with Crippen molar-refractivity contribution in [1.82, 2.24) is 9.80 Å². The molecule has 1 aliphatic heterocycles. The molecule has 2 rings (SSSR count). The summed E-state index contributed by atoms with van der Waals surface area (Å²) < 4.78 is 0. The third-order valence-corrected chi connectivity index (χ3v) is 4.89. The van der Waals surface area contributed by atoms with Crippen molar-refractivity contribution in [2.45, 2.75) is 45.6 Å². The van der Waals surface area contributed by atoms with E-state index in [0.29, 0.717) is 11.8 Å². The molecular formula is C15H29N3O. The van der Waals surface area contributed by atoms with Crippen LogP contribution in [-0.4, -0.2) is 54.5 Å². The van der Waals surface area contributed by atoms with Gasteiger partial charge < -0.3 is 15.5 Å². The van der Waals surface area contributed by atoms with Crippen molar-refractivity contribution in [2.24, 2.45) is 17.6 Å². The van der Waals surface area contributed by atoms with Crippen molar-refractivity contribution in [2.75, 3.05) is 32.7 Å². The predicted molar refractivity (Wildman–Crippen MR) is 77.8 cm³/mol. The second-order valence-electron chi connectivity index (χ2n) is 6.13. The summed E-state index contributed by atoms with van der Waals surface area (Å²) in [4.78, 5) is 17.0. The number of amides is 1. The fraction of sp³-hybridized carbons (Fsp3) is 0.933. The average molecular weight is 267 g/mol. The molecule has 0 bridgehead atoms. The molecule has 2 N–H and O–H groups in total. The first-order valence-electron chi connectivity index (χ1n) is 7.92. The van der Waals surface area contributed by atoms with E-state index in [0.717, 1.165) is 58.4 Å². The maximum absolute atomic E-state index is 12.5. The summed E-state index contributed by atoms with van der Waals surface area (Å²) in [6.45, 7) is 9.64. The fourth-order valence-corrected chi connectivity index (χ4v) is 3.56. The molecule has 0 aromatic carbocycles. The molecule has 4 heteroatoms. The van der Waals surface area contributed by atoms with E-state index >= 15 is 0 Å². The number of nitrogens with zero attached hydrogens (tertiary/aromatic N) is 2. The van der Waals surface area contributed by atoms with Crippen molar-refractivity contribution in [3.05, 3.63) is 0 Å². The van der Waals surface area contributed by atoms with Crippen LogP contribution in [0.2, 0.25) is 0 Å². The Morgan fingerprint density at radius 1 is 1.26 bits per heavy atom. The summed E-state index contributed by atoms with van der Waals surface area (Å²) in [6, 6.07) is 0.106. The molecule has 0 aromatic heterocycles. The zero-order valence-electron chi connectivity index (χ0n) is 12.5. The van der Waals surface area contributed by atoms with Gasteiger partial charge in [0.05, 0.1) is 5.92 Å². The predicted octanol–water partition coefficient (Wildman–Crippen LogP) is 1.30. The van der Waals surface area contributed by atoms with Crippen LogP contribution in [0.1, 0.15) is 39.5 Å². The minimum absolute atomic E-state index is 0.104. The van der Waals surface area contributed by atoms with Gasteiger partial charge in [-0.15, -0.1) is 0 Å². The number of nitrogens with two attached hydrogens (primary N) is 1. The van der Waals surface area contributed by atoms with Crippen molar-refractivity contribution >= 4 is 5.91 Å². The molecule has 1 amide bonds. The van der Waals surface area contributed by atoms with Gasteiger partial charge in [-0.2, -0.15) is 0 Å². The lowest BCUT2D eigenvalue weighted by Gasteiger charge is -2.25. The van der Waals surface area contributed by atoms with Crippen LogP contribution < -0.4 is 5.73 Å². The molecule has 0 unspecified atom stereocenters. The highest BCUT2D eigenvalue weighted by Crippen LogP contribution is 2.28. The smallest absolute Gasteiger partial charge is 0.227 e. The maximum atomic E-state index is 12.5. The van der Waals surface area contributed by atoms with E-state index in [1.807, 2.05) is 0 Å². The Hall–Kier alpha value is -0.610. The van der Waals surface area contributed by atoms with Gasteiger partial charge in [-0.1, -0.05) is 20.3 Å². The van der Waals surface area contributed by atoms with Crippen LogP contribution in [0.4, 0.5) is 0 Å². The SMILES string of the molecule is CCN(CC)C[C@@H]1CCN(C(=O)[C@H]2CCC[C@@H]2N)C1. The Bertz CT molecular complexity index is 304. The first-order chi connectivity index (χ1) is 9.15. The third kappa shape index (κ3) is 3.48. The van der Waals surface area contributed by atoms with Crippen LogP contribution in [-0.2, 0) is 4.79 Å². The van der Waals surface area contributed by atoms with Crippen molar-refractivity contribution in [3.8, 4) is 0 Å². The lowest BCUT2D eigenvalue weighted by molar-refractivity contribution is -0.134. The number of hydrogen-bond donors (Lipinski definition) is 1. The Balaban J connectivity index is 1.82. The fourth-order valence-electron chi connectivity index (χ4n) is 3.56. The van der Waals surface area contributed by atoms with E-state index in [2.05, 4.69) is 23.6 Å². The summed E-state index contributed by atoms with van der Waals surface area (Å²) in [5.74, 6) is 1.08. The van der Waals surface area contributed by atoms with Crippen molar-refractivity contribution in [3.63, 3.8) is 0 Å². The first kappa shape index (κ1) is 14.8. The van der Waals surface area contributed by atoms with Crippen LogP contribution in [0, 0.1) is 11.8 Å². The molecule has 19 heavy (non-hydrogen) atoms. The van der Waals surface area contributed by atoms with Gasteiger partial charge in [0.2, 0.25) is 5.91 Å². The van der Waals surface area contributed by atoms with E-state index in [1.165, 1.54) is 0 Å². The van der Waals surface area contributed by atoms with Gasteiger partial charge in [0.25, 0.3) is 0 Å². The van der Waals surface area contributed by atoms with Crippen LogP contribution in [0.15, 0.2) is 0 Å². The molecule has 1 saturated carbocycles. The largest absolute Gasteiger partial charge is 0.342 e. The number of carbonyl (C=O) groups excluding carboxylic acids is 1. The average Bonchev–Trinajstić information content (AvgIpc) is 3.04.